The number of furan rings is 1. The molecular weight excluding hydrogens is 344 g/mol. The molecule has 0 saturated heterocycles. The van der Waals surface area contributed by atoms with E-state index < -0.39 is 23.3 Å². The number of phenolic OH excluding ortho intramolecular Hbond substituents is 2. The van der Waals surface area contributed by atoms with Crippen molar-refractivity contribution in [2.75, 3.05) is 0 Å². The van der Waals surface area contributed by atoms with Crippen molar-refractivity contribution in [1.29, 1.82) is 0 Å². The van der Waals surface area contributed by atoms with Crippen molar-refractivity contribution in [3.8, 4) is 22.8 Å². The summed E-state index contributed by atoms with van der Waals surface area (Å²) in [5, 5.41) is 29.9. The average Bonchev–Trinajstić information content (AvgIpc) is 3.02. The van der Waals surface area contributed by atoms with Gasteiger partial charge in [-0.05, 0) is 32.9 Å². The number of hydrogen-bond acceptors (Lipinski definition) is 6. The average molecular weight is 360 g/mol. The predicted molar refractivity (Wildman–Crippen MR) is 93.7 cm³/mol. The Kier molecular flexibility index (Phi) is 4.04. The molecule has 0 amide bonds. The first kappa shape index (κ1) is 17.0. The van der Waals surface area contributed by atoms with Gasteiger partial charge < -0.3 is 19.7 Å². The Morgan fingerprint density at radius 2 is 1.84 bits per heavy atom. The second-order valence-corrected chi connectivity index (χ2v) is 7.32. The third-order valence-electron chi connectivity index (χ3n) is 4.02. The van der Waals surface area contributed by atoms with Crippen LogP contribution in [0.5, 0.6) is 11.5 Å². The van der Waals surface area contributed by atoms with Crippen LogP contribution in [0.1, 0.15) is 32.6 Å². The highest BCUT2D eigenvalue weighted by atomic mass is 32.1. The highest BCUT2D eigenvalue weighted by Crippen LogP contribution is 2.45. The number of benzene rings is 1. The van der Waals surface area contributed by atoms with Crippen molar-refractivity contribution in [2.45, 2.75) is 27.2 Å². The van der Waals surface area contributed by atoms with E-state index in [1.54, 1.807) is 11.3 Å². The van der Waals surface area contributed by atoms with Crippen LogP contribution in [0.3, 0.4) is 0 Å². The Morgan fingerprint density at radius 1 is 1.16 bits per heavy atom. The van der Waals surface area contributed by atoms with E-state index in [-0.39, 0.29) is 17.6 Å². The van der Waals surface area contributed by atoms with E-state index in [0.717, 1.165) is 15.3 Å². The van der Waals surface area contributed by atoms with E-state index in [0.29, 0.717) is 16.7 Å². The van der Waals surface area contributed by atoms with Crippen LogP contribution in [-0.2, 0) is 11.2 Å². The first-order valence-electron chi connectivity index (χ1n) is 7.51. The number of carbonyl (C=O) groups excluding carboxylic acids is 1. The summed E-state index contributed by atoms with van der Waals surface area (Å²) in [5.74, 6) is -2.31. The van der Waals surface area contributed by atoms with E-state index in [1.165, 1.54) is 13.0 Å². The van der Waals surface area contributed by atoms with Crippen LogP contribution >= 0.6 is 11.3 Å². The third-order valence-corrected chi connectivity index (χ3v) is 4.99. The maximum atomic E-state index is 11.7. The molecule has 6 nitrogen and oxygen atoms in total. The van der Waals surface area contributed by atoms with Gasteiger partial charge in [0.1, 0.15) is 5.76 Å². The first-order chi connectivity index (χ1) is 11.7. The molecule has 2 aromatic heterocycles. The first-order valence-corrected chi connectivity index (χ1v) is 8.32. The highest BCUT2D eigenvalue weighted by Gasteiger charge is 2.26. The molecule has 7 heteroatoms. The Morgan fingerprint density at radius 3 is 2.36 bits per heavy atom. The fourth-order valence-electron chi connectivity index (χ4n) is 2.92. The van der Waals surface area contributed by atoms with Crippen LogP contribution in [0.2, 0.25) is 0 Å². The molecule has 0 aliphatic rings. The zero-order chi connectivity index (χ0) is 18.5. The molecule has 0 atom stereocenters. The maximum Gasteiger partial charge on any atom is 0.307 e. The molecule has 0 fully saturated rings. The lowest BCUT2D eigenvalue weighted by molar-refractivity contribution is -0.136. The number of thiophene rings is 1. The molecule has 0 aliphatic heterocycles. The van der Waals surface area contributed by atoms with Crippen LogP contribution < -0.4 is 0 Å². The van der Waals surface area contributed by atoms with Crippen LogP contribution in [0.25, 0.3) is 22.3 Å². The van der Waals surface area contributed by atoms with E-state index in [9.17, 15) is 24.9 Å². The quantitative estimate of drug-likeness (QED) is 0.479. The number of carboxylic acids is 1. The molecule has 3 rings (SSSR count). The molecule has 1 aromatic carbocycles. The highest BCUT2D eigenvalue weighted by molar-refractivity contribution is 7.12. The summed E-state index contributed by atoms with van der Waals surface area (Å²) >= 11 is 1.54. The van der Waals surface area contributed by atoms with Crippen LogP contribution in [0.15, 0.2) is 16.5 Å². The largest absolute Gasteiger partial charge is 0.504 e. The van der Waals surface area contributed by atoms with Gasteiger partial charge in [0.15, 0.2) is 17.1 Å². The number of Topliss-reactive ketones (excluding diaryl/α,β-unsaturated/α-hetero) is 1. The minimum atomic E-state index is -1.06. The number of carboxylic acid groups (broad SMARTS) is 1. The van der Waals surface area contributed by atoms with Gasteiger partial charge in [-0.3, -0.25) is 9.59 Å². The summed E-state index contributed by atoms with van der Waals surface area (Å²) in [6.07, 6.45) is -0.335. The van der Waals surface area contributed by atoms with Crippen LogP contribution in [-0.4, -0.2) is 27.1 Å². The molecule has 130 valence electrons. The van der Waals surface area contributed by atoms with E-state index in [1.807, 2.05) is 19.9 Å². The zero-order valence-electron chi connectivity index (χ0n) is 13.8. The second kappa shape index (κ2) is 5.93. The van der Waals surface area contributed by atoms with Gasteiger partial charge in [-0.2, -0.15) is 0 Å². The van der Waals surface area contributed by atoms with Crippen molar-refractivity contribution >= 4 is 34.1 Å². The Bertz CT molecular complexity index is 1020. The van der Waals surface area contributed by atoms with Gasteiger partial charge in [0, 0.05) is 26.3 Å². The predicted octanol–water partition coefficient (Wildman–Crippen LogP) is 4.02. The maximum absolute atomic E-state index is 11.7. The number of aromatic hydroxyl groups is 2. The Labute approximate surface area is 147 Å². The van der Waals surface area contributed by atoms with E-state index in [2.05, 4.69) is 0 Å². The SMILES string of the molecule is CC(=O)c1cc2c(CC(=O)O)c(-c3cc(C)sc3C)oc2c(O)c1O. The summed E-state index contributed by atoms with van der Waals surface area (Å²) in [6.45, 7) is 5.07. The molecule has 0 bridgehead atoms. The summed E-state index contributed by atoms with van der Waals surface area (Å²) < 4.78 is 5.75. The topological polar surface area (TPSA) is 108 Å². The number of carbonyl (C=O) groups is 2. The van der Waals surface area contributed by atoms with Gasteiger partial charge >= 0.3 is 5.97 Å². The van der Waals surface area contributed by atoms with Crippen molar-refractivity contribution in [3.63, 3.8) is 0 Å². The van der Waals surface area contributed by atoms with E-state index >= 15 is 0 Å². The van der Waals surface area contributed by atoms with Gasteiger partial charge in [-0.1, -0.05) is 0 Å². The van der Waals surface area contributed by atoms with E-state index in [4.69, 9.17) is 4.42 Å². The lowest BCUT2D eigenvalue weighted by Crippen LogP contribution is -2.01. The molecule has 0 spiro atoms. The zero-order valence-corrected chi connectivity index (χ0v) is 14.7. The summed E-state index contributed by atoms with van der Waals surface area (Å²) in [5.41, 5.74) is 0.985. The number of fused-ring (bicyclic) bond motifs is 1. The van der Waals surface area contributed by atoms with Crippen molar-refractivity contribution in [3.05, 3.63) is 33.0 Å². The number of rotatable bonds is 4. The molecule has 25 heavy (non-hydrogen) atoms. The standard InChI is InChI=1S/C18H16O6S/c1-7-4-11(9(3)25-7)17-13(6-14(20)21)12-5-10(8(2)19)15(22)16(23)18(12)24-17/h4-5,22-23H,6H2,1-3H3,(H,20,21). The summed E-state index contributed by atoms with van der Waals surface area (Å²) in [4.78, 5) is 25.0. The fraction of sp³-hybridized carbons (Fsp3) is 0.222. The number of hydrogen-bond donors (Lipinski definition) is 3. The molecule has 3 aromatic rings. The normalized spacial score (nSPS) is 11.2. The monoisotopic (exact) mass is 360 g/mol. The number of aryl methyl sites for hydroxylation is 2. The Hall–Kier alpha value is -2.80. The number of aliphatic carboxylic acids is 1. The second-order valence-electron chi connectivity index (χ2n) is 5.86. The molecule has 0 unspecified atom stereocenters. The minimum Gasteiger partial charge on any atom is -0.504 e. The Balaban J connectivity index is 2.41. The van der Waals surface area contributed by atoms with Crippen LogP contribution in [0, 0.1) is 13.8 Å². The number of phenols is 2. The molecule has 0 saturated carbocycles. The van der Waals surface area contributed by atoms with Gasteiger partial charge in [0.2, 0.25) is 5.75 Å². The third kappa shape index (κ3) is 2.76. The lowest BCUT2D eigenvalue weighted by Gasteiger charge is -2.04. The molecule has 3 N–H and O–H groups in total. The summed E-state index contributed by atoms with van der Waals surface area (Å²) in [6, 6.07) is 3.25. The molecule has 0 aliphatic carbocycles. The van der Waals surface area contributed by atoms with Crippen LogP contribution in [0.4, 0.5) is 0 Å². The van der Waals surface area contributed by atoms with Gasteiger partial charge in [-0.25, -0.2) is 0 Å². The summed E-state index contributed by atoms with van der Waals surface area (Å²) in [7, 11) is 0. The fourth-order valence-corrected chi connectivity index (χ4v) is 3.84. The smallest absolute Gasteiger partial charge is 0.307 e. The van der Waals surface area contributed by atoms with Gasteiger partial charge in [0.25, 0.3) is 0 Å². The van der Waals surface area contributed by atoms with Gasteiger partial charge in [-0.15, -0.1) is 11.3 Å². The lowest BCUT2D eigenvalue weighted by atomic mass is 10.00. The molecular formula is C18H16O6S. The minimum absolute atomic E-state index is 0.0306. The van der Waals surface area contributed by atoms with Crippen molar-refractivity contribution in [1.82, 2.24) is 0 Å². The van der Waals surface area contributed by atoms with Gasteiger partial charge in [0.05, 0.1) is 12.0 Å². The molecule has 0 radical (unpaired) electrons. The van der Waals surface area contributed by atoms with Crippen molar-refractivity contribution < 1.29 is 29.3 Å². The molecule has 2 heterocycles. The number of ketones is 1. The van der Waals surface area contributed by atoms with Crippen molar-refractivity contribution in [2.24, 2.45) is 0 Å².